The normalized spacial score (nSPS) is 10.9. The lowest BCUT2D eigenvalue weighted by molar-refractivity contribution is -0.114. The second-order valence-electron chi connectivity index (χ2n) is 6.52. The fourth-order valence-electron chi connectivity index (χ4n) is 2.78. The second kappa shape index (κ2) is 8.39. The molecule has 1 amide bonds. The number of anilines is 2. The molecule has 0 radical (unpaired) electrons. The first kappa shape index (κ1) is 19.8. The number of carbonyl (C=O) groups excluding carboxylic acids is 1. The van der Waals surface area contributed by atoms with E-state index in [-0.39, 0.29) is 18.0 Å². The molecule has 0 fully saturated rings. The number of carbonyl (C=O) groups is 1. The third-order valence-corrected chi connectivity index (χ3v) is 5.15. The molecule has 0 aliphatic carbocycles. The van der Waals surface area contributed by atoms with Gasteiger partial charge in [0.25, 0.3) is 5.56 Å². The van der Waals surface area contributed by atoms with Crippen LogP contribution in [0.4, 0.5) is 10.8 Å². The van der Waals surface area contributed by atoms with Crippen molar-refractivity contribution in [3.63, 3.8) is 0 Å². The van der Waals surface area contributed by atoms with Gasteiger partial charge in [-0.3, -0.25) is 9.59 Å². The van der Waals surface area contributed by atoms with E-state index in [9.17, 15) is 9.59 Å². The van der Waals surface area contributed by atoms with Crippen molar-refractivity contribution in [1.82, 2.24) is 14.6 Å². The van der Waals surface area contributed by atoms with Crippen LogP contribution in [0.25, 0.3) is 4.96 Å². The van der Waals surface area contributed by atoms with E-state index in [2.05, 4.69) is 15.4 Å². The van der Waals surface area contributed by atoms with E-state index in [0.717, 1.165) is 24.1 Å². The highest BCUT2D eigenvalue weighted by Gasteiger charge is 2.16. The summed E-state index contributed by atoms with van der Waals surface area (Å²) < 4.78 is 6.56. The zero-order valence-electron chi connectivity index (χ0n) is 16.4. The predicted molar refractivity (Wildman–Crippen MR) is 111 cm³/mol. The first-order valence-corrected chi connectivity index (χ1v) is 9.78. The molecular weight excluding hydrogens is 378 g/mol. The first-order chi connectivity index (χ1) is 13.4. The van der Waals surface area contributed by atoms with Gasteiger partial charge >= 0.3 is 0 Å². The summed E-state index contributed by atoms with van der Waals surface area (Å²) in [4.78, 5) is 31.4. The third kappa shape index (κ3) is 4.30. The highest BCUT2D eigenvalue weighted by Crippen LogP contribution is 2.25. The number of methoxy groups -OCH3 is 1. The summed E-state index contributed by atoms with van der Waals surface area (Å²) in [5.74, 6) is 0.387. The number of hydrogen-bond acceptors (Lipinski definition) is 7. The van der Waals surface area contributed by atoms with Crippen molar-refractivity contribution in [2.45, 2.75) is 26.7 Å². The Hall–Kier alpha value is -2.94. The van der Waals surface area contributed by atoms with Crippen LogP contribution >= 0.6 is 11.3 Å². The monoisotopic (exact) mass is 401 g/mol. The number of benzene rings is 1. The Labute approximate surface area is 166 Å². The van der Waals surface area contributed by atoms with Crippen molar-refractivity contribution >= 4 is 33.0 Å². The van der Waals surface area contributed by atoms with Gasteiger partial charge in [-0.2, -0.15) is 4.52 Å². The largest absolute Gasteiger partial charge is 0.495 e. The maximum atomic E-state index is 12.5. The number of amides is 1. The summed E-state index contributed by atoms with van der Waals surface area (Å²) in [6.07, 6.45) is 1.66. The zero-order chi connectivity index (χ0) is 20.3. The Balaban J connectivity index is 1.76. The fraction of sp³-hybridized carbons (Fsp3) is 0.368. The van der Waals surface area contributed by atoms with Crippen molar-refractivity contribution in [3.8, 4) is 5.75 Å². The molecule has 0 bridgehead atoms. The summed E-state index contributed by atoms with van der Waals surface area (Å²) in [5.41, 5.74) is 2.18. The number of nitrogens with one attached hydrogen (secondary N) is 1. The van der Waals surface area contributed by atoms with E-state index in [0.29, 0.717) is 21.5 Å². The number of rotatable bonds is 7. The van der Waals surface area contributed by atoms with Gasteiger partial charge in [-0.05, 0) is 31.0 Å². The minimum absolute atomic E-state index is 0.0769. The van der Waals surface area contributed by atoms with E-state index in [1.807, 2.05) is 32.0 Å². The molecular formula is C19H23N5O3S. The van der Waals surface area contributed by atoms with Gasteiger partial charge in [0.05, 0.1) is 19.3 Å². The Morgan fingerprint density at radius 3 is 2.86 bits per heavy atom. The first-order valence-electron chi connectivity index (χ1n) is 8.96. The van der Waals surface area contributed by atoms with Crippen LogP contribution in [0.1, 0.15) is 24.6 Å². The third-order valence-electron chi connectivity index (χ3n) is 4.13. The van der Waals surface area contributed by atoms with E-state index >= 15 is 0 Å². The summed E-state index contributed by atoms with van der Waals surface area (Å²) in [5, 5.41) is 7.71. The molecule has 148 valence electrons. The Morgan fingerprint density at radius 1 is 1.36 bits per heavy atom. The van der Waals surface area contributed by atoms with Crippen LogP contribution < -0.4 is 20.5 Å². The van der Waals surface area contributed by atoms with Gasteiger partial charge in [-0.25, -0.2) is 4.98 Å². The molecule has 3 rings (SSSR count). The average Bonchev–Trinajstić information content (AvgIpc) is 3.07. The molecule has 0 aliphatic heterocycles. The smallest absolute Gasteiger partial charge is 0.275 e. The van der Waals surface area contributed by atoms with Crippen molar-refractivity contribution in [3.05, 3.63) is 45.9 Å². The number of hydrogen-bond donors (Lipinski definition) is 1. The molecule has 0 saturated carbocycles. The zero-order valence-corrected chi connectivity index (χ0v) is 17.2. The van der Waals surface area contributed by atoms with Crippen molar-refractivity contribution < 1.29 is 9.53 Å². The molecule has 3 aromatic rings. The summed E-state index contributed by atoms with van der Waals surface area (Å²) in [7, 11) is 3.31. The SMILES string of the molecule is CCCc1cc(=O)n2nc(N(C)CC(=O)Nc3cc(C)ccc3OC)sc2n1. The maximum Gasteiger partial charge on any atom is 0.275 e. The molecule has 0 atom stereocenters. The van der Waals surface area contributed by atoms with Gasteiger partial charge < -0.3 is 15.0 Å². The van der Waals surface area contributed by atoms with Gasteiger partial charge in [-0.1, -0.05) is 30.7 Å². The van der Waals surface area contributed by atoms with E-state index in [1.54, 1.807) is 19.1 Å². The van der Waals surface area contributed by atoms with Crippen LogP contribution in [0.5, 0.6) is 5.75 Å². The lowest BCUT2D eigenvalue weighted by Gasteiger charge is -2.16. The summed E-state index contributed by atoms with van der Waals surface area (Å²) in [6.45, 7) is 4.06. The number of aryl methyl sites for hydroxylation is 2. The van der Waals surface area contributed by atoms with Crippen molar-refractivity contribution in [1.29, 1.82) is 0 Å². The molecule has 2 aromatic heterocycles. The quantitative estimate of drug-likeness (QED) is 0.654. The summed E-state index contributed by atoms with van der Waals surface area (Å²) in [6, 6.07) is 7.09. The molecule has 28 heavy (non-hydrogen) atoms. The number of likely N-dealkylation sites (N-methyl/N-ethyl adjacent to an activating group) is 1. The Kier molecular flexibility index (Phi) is 5.93. The molecule has 0 aliphatic rings. The highest BCUT2D eigenvalue weighted by molar-refractivity contribution is 7.20. The standard InChI is InChI=1S/C19H23N5O3S/c1-5-6-13-10-17(26)24-18(20-13)28-19(22-24)23(3)11-16(25)21-14-9-12(2)7-8-15(14)27-4/h7-10H,5-6,11H2,1-4H3,(H,21,25). The average molecular weight is 401 g/mol. The molecule has 1 N–H and O–H groups in total. The van der Waals surface area contributed by atoms with Crippen LogP contribution in [0.3, 0.4) is 0 Å². The molecule has 9 heteroatoms. The minimum atomic E-state index is -0.211. The van der Waals surface area contributed by atoms with Gasteiger partial charge in [0.15, 0.2) is 0 Å². The number of ether oxygens (including phenoxy) is 1. The van der Waals surface area contributed by atoms with Crippen LogP contribution in [0.15, 0.2) is 29.1 Å². The van der Waals surface area contributed by atoms with E-state index in [1.165, 1.54) is 21.9 Å². The lowest BCUT2D eigenvalue weighted by Crippen LogP contribution is -2.30. The maximum absolute atomic E-state index is 12.5. The van der Waals surface area contributed by atoms with Crippen LogP contribution in [0.2, 0.25) is 0 Å². The van der Waals surface area contributed by atoms with Gasteiger partial charge in [0, 0.05) is 18.8 Å². The lowest BCUT2D eigenvalue weighted by atomic mass is 10.2. The second-order valence-corrected chi connectivity index (χ2v) is 7.46. The van der Waals surface area contributed by atoms with E-state index in [4.69, 9.17) is 4.74 Å². The van der Waals surface area contributed by atoms with Crippen LogP contribution in [-0.2, 0) is 11.2 Å². The minimum Gasteiger partial charge on any atom is -0.495 e. The topological polar surface area (TPSA) is 88.8 Å². The molecule has 0 saturated heterocycles. The fourth-order valence-corrected chi connectivity index (χ4v) is 3.66. The molecule has 2 heterocycles. The van der Waals surface area contributed by atoms with Crippen LogP contribution in [-0.4, -0.2) is 41.2 Å². The number of nitrogens with zero attached hydrogens (tertiary/aromatic N) is 4. The number of aromatic nitrogens is 3. The van der Waals surface area contributed by atoms with Gasteiger partial charge in [0.2, 0.25) is 16.0 Å². The van der Waals surface area contributed by atoms with Crippen LogP contribution in [0, 0.1) is 6.92 Å². The van der Waals surface area contributed by atoms with Crippen molar-refractivity contribution in [2.24, 2.45) is 0 Å². The molecule has 8 nitrogen and oxygen atoms in total. The van der Waals surface area contributed by atoms with Crippen molar-refractivity contribution in [2.75, 3.05) is 30.9 Å². The molecule has 0 unspecified atom stereocenters. The Morgan fingerprint density at radius 2 is 2.14 bits per heavy atom. The summed E-state index contributed by atoms with van der Waals surface area (Å²) >= 11 is 1.28. The number of fused-ring (bicyclic) bond motifs is 1. The van der Waals surface area contributed by atoms with Gasteiger partial charge in [-0.15, -0.1) is 5.10 Å². The predicted octanol–water partition coefficient (Wildman–Crippen LogP) is 2.50. The molecule has 1 aromatic carbocycles. The highest BCUT2D eigenvalue weighted by atomic mass is 32.1. The molecule has 0 spiro atoms. The Bertz CT molecular complexity index is 1060. The van der Waals surface area contributed by atoms with E-state index < -0.39 is 0 Å². The van der Waals surface area contributed by atoms with Gasteiger partial charge in [0.1, 0.15) is 5.75 Å².